The Hall–Kier alpha value is -2.16. The zero-order valence-electron chi connectivity index (χ0n) is 8.59. The molecular formula is C10H11N3O3. The van der Waals surface area contributed by atoms with E-state index in [0.29, 0.717) is 25.8 Å². The lowest BCUT2D eigenvalue weighted by Gasteiger charge is -2.03. The summed E-state index contributed by atoms with van der Waals surface area (Å²) in [6, 6.07) is 4.35. The first kappa shape index (κ1) is 11.9. The van der Waals surface area contributed by atoms with Crippen molar-refractivity contribution in [3.63, 3.8) is 0 Å². The van der Waals surface area contributed by atoms with Gasteiger partial charge in [-0.3, -0.25) is 4.79 Å². The van der Waals surface area contributed by atoms with Crippen molar-refractivity contribution in [2.75, 3.05) is 0 Å². The zero-order chi connectivity index (χ0) is 12.0. The van der Waals surface area contributed by atoms with Crippen molar-refractivity contribution < 1.29 is 9.90 Å². The van der Waals surface area contributed by atoms with E-state index in [1.807, 2.05) is 6.07 Å². The predicted molar refractivity (Wildman–Crippen MR) is 54.9 cm³/mol. The van der Waals surface area contributed by atoms with Crippen molar-refractivity contribution in [2.24, 2.45) is 0 Å². The van der Waals surface area contributed by atoms with Crippen LogP contribution in [0.4, 0.5) is 0 Å². The molecule has 0 unspecified atom stereocenters. The van der Waals surface area contributed by atoms with Gasteiger partial charge in [-0.2, -0.15) is 10.4 Å². The molecule has 16 heavy (non-hydrogen) atoms. The highest BCUT2D eigenvalue weighted by Gasteiger charge is 2.06. The van der Waals surface area contributed by atoms with Crippen LogP contribution in [-0.4, -0.2) is 20.9 Å². The van der Waals surface area contributed by atoms with E-state index in [1.54, 1.807) is 0 Å². The molecule has 0 amide bonds. The predicted octanol–water partition coefficient (Wildman–Crippen LogP) is 0.635. The van der Waals surface area contributed by atoms with Crippen LogP contribution in [-0.2, 0) is 6.54 Å². The molecule has 1 aromatic heterocycles. The van der Waals surface area contributed by atoms with Crippen molar-refractivity contribution in [1.29, 1.82) is 5.26 Å². The topological polar surface area (TPSA) is 96.0 Å². The van der Waals surface area contributed by atoms with Crippen LogP contribution < -0.4 is 5.56 Å². The summed E-state index contributed by atoms with van der Waals surface area (Å²) in [5.74, 6) is -1.16. The Bertz CT molecular complexity index is 473. The van der Waals surface area contributed by atoms with E-state index in [0.717, 1.165) is 4.68 Å². The number of carbonyl (C=O) groups is 1. The minimum atomic E-state index is -1.16. The van der Waals surface area contributed by atoms with E-state index in [-0.39, 0.29) is 11.3 Å². The number of aromatic carboxylic acids is 1. The van der Waals surface area contributed by atoms with Gasteiger partial charge in [0.2, 0.25) is 0 Å². The Balaban J connectivity index is 2.72. The largest absolute Gasteiger partial charge is 0.476 e. The molecule has 0 bridgehead atoms. The van der Waals surface area contributed by atoms with Gasteiger partial charge in [0.15, 0.2) is 5.69 Å². The fraction of sp³-hybridized carbons (Fsp3) is 0.400. The minimum absolute atomic E-state index is 0.153. The Morgan fingerprint density at radius 2 is 2.25 bits per heavy atom. The van der Waals surface area contributed by atoms with E-state index in [4.69, 9.17) is 10.4 Å². The van der Waals surface area contributed by atoms with Crippen molar-refractivity contribution >= 4 is 5.97 Å². The van der Waals surface area contributed by atoms with Crippen LogP contribution in [0.5, 0.6) is 0 Å². The maximum Gasteiger partial charge on any atom is 0.356 e. The molecule has 1 N–H and O–H groups in total. The lowest BCUT2D eigenvalue weighted by atomic mass is 10.2. The van der Waals surface area contributed by atoms with E-state index in [1.165, 1.54) is 12.1 Å². The first-order valence-electron chi connectivity index (χ1n) is 4.83. The van der Waals surface area contributed by atoms with Crippen molar-refractivity contribution in [2.45, 2.75) is 25.8 Å². The van der Waals surface area contributed by atoms with Crippen molar-refractivity contribution in [3.8, 4) is 6.07 Å². The first-order chi connectivity index (χ1) is 7.65. The molecule has 0 aliphatic rings. The fourth-order valence-corrected chi connectivity index (χ4v) is 1.19. The highest BCUT2D eigenvalue weighted by Crippen LogP contribution is 1.96. The number of aryl methyl sites for hydroxylation is 1. The molecule has 0 saturated carbocycles. The number of carboxylic acid groups (broad SMARTS) is 1. The van der Waals surface area contributed by atoms with Crippen molar-refractivity contribution in [1.82, 2.24) is 9.78 Å². The molecule has 6 heteroatoms. The number of hydrogen-bond donors (Lipinski definition) is 1. The number of aromatic nitrogens is 2. The van der Waals surface area contributed by atoms with E-state index >= 15 is 0 Å². The second-order valence-corrected chi connectivity index (χ2v) is 3.20. The van der Waals surface area contributed by atoms with Gasteiger partial charge in [0.1, 0.15) is 0 Å². The van der Waals surface area contributed by atoms with Gasteiger partial charge in [0.05, 0.1) is 6.07 Å². The van der Waals surface area contributed by atoms with Crippen molar-refractivity contribution in [3.05, 3.63) is 28.2 Å². The molecular weight excluding hydrogens is 210 g/mol. The molecule has 84 valence electrons. The van der Waals surface area contributed by atoms with Crippen LogP contribution >= 0.6 is 0 Å². The molecule has 0 fully saturated rings. The molecule has 0 aromatic carbocycles. The maximum absolute atomic E-state index is 11.3. The summed E-state index contributed by atoms with van der Waals surface area (Å²) in [4.78, 5) is 21.9. The summed E-state index contributed by atoms with van der Waals surface area (Å²) in [6.07, 6.45) is 1.72. The average molecular weight is 221 g/mol. The zero-order valence-corrected chi connectivity index (χ0v) is 8.59. The number of carboxylic acids is 1. The van der Waals surface area contributed by atoms with Gasteiger partial charge in [0.25, 0.3) is 5.56 Å². The van der Waals surface area contributed by atoms with Crippen LogP contribution in [0.15, 0.2) is 16.9 Å². The summed E-state index contributed by atoms with van der Waals surface area (Å²) in [6.45, 7) is 0.335. The second-order valence-electron chi connectivity index (χ2n) is 3.20. The molecule has 0 aliphatic carbocycles. The lowest BCUT2D eigenvalue weighted by Crippen LogP contribution is -2.24. The van der Waals surface area contributed by atoms with E-state index in [2.05, 4.69) is 5.10 Å². The molecule has 6 nitrogen and oxygen atoms in total. The van der Waals surface area contributed by atoms with Gasteiger partial charge < -0.3 is 5.11 Å². The second kappa shape index (κ2) is 5.66. The van der Waals surface area contributed by atoms with Gasteiger partial charge in [-0.25, -0.2) is 9.48 Å². The van der Waals surface area contributed by atoms with Gasteiger partial charge in [0, 0.05) is 19.0 Å². The molecule has 0 spiro atoms. The van der Waals surface area contributed by atoms with Crippen LogP contribution in [0.3, 0.4) is 0 Å². The number of nitriles is 1. The summed E-state index contributed by atoms with van der Waals surface area (Å²) in [7, 11) is 0. The minimum Gasteiger partial charge on any atom is -0.476 e. The number of nitrogens with zero attached hydrogens (tertiary/aromatic N) is 3. The van der Waals surface area contributed by atoms with E-state index in [9.17, 15) is 9.59 Å². The monoisotopic (exact) mass is 221 g/mol. The highest BCUT2D eigenvalue weighted by atomic mass is 16.4. The normalized spacial score (nSPS) is 9.69. The SMILES string of the molecule is N#CCCCCn1nc(C(=O)O)ccc1=O. The Labute approximate surface area is 91.7 Å². The number of unbranched alkanes of at least 4 members (excludes halogenated alkanes) is 2. The number of hydrogen-bond acceptors (Lipinski definition) is 4. The maximum atomic E-state index is 11.3. The third-order valence-electron chi connectivity index (χ3n) is 1.99. The molecule has 0 radical (unpaired) electrons. The molecule has 1 aromatic rings. The summed E-state index contributed by atoms with van der Waals surface area (Å²) < 4.78 is 1.11. The molecule has 0 aliphatic heterocycles. The van der Waals surface area contributed by atoms with Gasteiger partial charge >= 0.3 is 5.97 Å². The van der Waals surface area contributed by atoms with Gasteiger partial charge in [-0.15, -0.1) is 0 Å². The Morgan fingerprint density at radius 1 is 1.50 bits per heavy atom. The average Bonchev–Trinajstić information content (AvgIpc) is 2.26. The van der Waals surface area contributed by atoms with E-state index < -0.39 is 5.97 Å². The standard InChI is InChI=1S/C10H11N3O3/c11-6-2-1-3-7-13-9(14)5-4-8(12-13)10(15)16/h4-5H,1-3,7H2,(H,15,16). The van der Waals surface area contributed by atoms with Crippen LogP contribution in [0.1, 0.15) is 29.8 Å². The number of rotatable bonds is 5. The highest BCUT2D eigenvalue weighted by molar-refractivity contribution is 5.84. The fourth-order valence-electron chi connectivity index (χ4n) is 1.19. The summed E-state index contributed by atoms with van der Waals surface area (Å²) >= 11 is 0. The van der Waals surface area contributed by atoms with Gasteiger partial charge in [-0.05, 0) is 18.9 Å². The summed E-state index contributed by atoms with van der Waals surface area (Å²) in [5.41, 5.74) is -0.484. The first-order valence-corrected chi connectivity index (χ1v) is 4.83. The quantitative estimate of drug-likeness (QED) is 0.736. The Morgan fingerprint density at radius 3 is 2.88 bits per heavy atom. The third kappa shape index (κ3) is 3.20. The van der Waals surface area contributed by atoms with Crippen LogP contribution in [0, 0.1) is 11.3 Å². The molecule has 1 rings (SSSR count). The van der Waals surface area contributed by atoms with Crippen LogP contribution in [0.25, 0.3) is 0 Å². The summed E-state index contributed by atoms with van der Waals surface area (Å²) in [5, 5.41) is 20.7. The van der Waals surface area contributed by atoms with Crippen LogP contribution in [0.2, 0.25) is 0 Å². The van der Waals surface area contributed by atoms with Gasteiger partial charge in [-0.1, -0.05) is 0 Å². The Kier molecular flexibility index (Phi) is 4.21. The third-order valence-corrected chi connectivity index (χ3v) is 1.99. The lowest BCUT2D eigenvalue weighted by molar-refractivity contribution is 0.0687. The molecule has 0 atom stereocenters. The molecule has 0 saturated heterocycles. The molecule has 1 heterocycles. The smallest absolute Gasteiger partial charge is 0.356 e.